The zero-order valence-corrected chi connectivity index (χ0v) is 15.6. The van der Waals surface area contributed by atoms with Gasteiger partial charge in [-0.3, -0.25) is 14.0 Å². The summed E-state index contributed by atoms with van der Waals surface area (Å²) in [6, 6.07) is 15.0. The summed E-state index contributed by atoms with van der Waals surface area (Å²) in [7, 11) is 0. The Morgan fingerprint density at radius 2 is 1.93 bits per heavy atom. The van der Waals surface area contributed by atoms with Gasteiger partial charge in [0.2, 0.25) is 5.56 Å². The highest BCUT2D eigenvalue weighted by molar-refractivity contribution is 5.95. The number of fused-ring (bicyclic) bond motifs is 1. The van der Waals surface area contributed by atoms with Crippen LogP contribution in [0.2, 0.25) is 0 Å². The molecule has 1 amide bonds. The molecule has 1 aliphatic rings. The van der Waals surface area contributed by atoms with Crippen LogP contribution in [0, 0.1) is 0 Å². The Hall–Kier alpha value is -3.87. The van der Waals surface area contributed by atoms with Gasteiger partial charge < -0.3 is 15.6 Å². The van der Waals surface area contributed by atoms with Gasteiger partial charge in [-0.15, -0.1) is 0 Å². The maximum atomic E-state index is 12.1. The van der Waals surface area contributed by atoms with E-state index in [9.17, 15) is 9.59 Å². The van der Waals surface area contributed by atoms with Crippen molar-refractivity contribution >= 4 is 22.9 Å². The minimum Gasteiger partial charge on any atom is -0.352 e. The SMILES string of the molecule is O=C(NC1CC1)c1ccc(Nc2ccc(-c3cc[nH]c(=O)c3)n3ccnc23)cc1. The fourth-order valence-corrected chi connectivity index (χ4v) is 3.31. The van der Waals surface area contributed by atoms with E-state index in [1.54, 1.807) is 18.5 Å². The Labute approximate surface area is 166 Å². The molecule has 4 aromatic rings. The number of nitrogens with one attached hydrogen (secondary N) is 3. The maximum Gasteiger partial charge on any atom is 0.251 e. The number of carbonyl (C=O) groups excluding carboxylic acids is 1. The average Bonchev–Trinajstić information content (AvgIpc) is 3.40. The molecule has 1 fully saturated rings. The van der Waals surface area contributed by atoms with E-state index < -0.39 is 0 Å². The van der Waals surface area contributed by atoms with Crippen molar-refractivity contribution < 1.29 is 4.79 Å². The minimum absolute atomic E-state index is 0.0306. The molecule has 7 nitrogen and oxygen atoms in total. The number of nitrogens with zero attached hydrogens (tertiary/aromatic N) is 2. The van der Waals surface area contributed by atoms with E-state index in [0.717, 1.165) is 41.1 Å². The fraction of sp³-hybridized carbons (Fsp3) is 0.136. The Kier molecular flexibility index (Phi) is 4.13. The predicted molar refractivity (Wildman–Crippen MR) is 111 cm³/mol. The molecule has 1 aromatic carbocycles. The number of rotatable bonds is 5. The number of imidazole rings is 1. The topological polar surface area (TPSA) is 91.3 Å². The molecule has 0 saturated heterocycles. The standard InChI is InChI=1S/C22H19N5O2/c28-20-13-15(9-10-23-20)19-8-7-18(21-24-11-12-27(19)21)25-16-3-1-14(2-4-16)22(29)26-17-5-6-17/h1-4,7-13,17,25H,5-6H2,(H,23,28)(H,26,29). The van der Waals surface area contributed by atoms with Crippen LogP contribution < -0.4 is 16.2 Å². The quantitative estimate of drug-likeness (QED) is 0.491. The first-order valence-electron chi connectivity index (χ1n) is 9.50. The molecule has 1 aliphatic carbocycles. The largest absolute Gasteiger partial charge is 0.352 e. The van der Waals surface area contributed by atoms with Crippen molar-refractivity contribution in [2.45, 2.75) is 18.9 Å². The summed E-state index contributed by atoms with van der Waals surface area (Å²) in [5, 5.41) is 6.35. The monoisotopic (exact) mass is 385 g/mol. The molecule has 29 heavy (non-hydrogen) atoms. The number of anilines is 2. The number of amides is 1. The molecule has 1 saturated carbocycles. The third kappa shape index (κ3) is 3.50. The Bertz CT molecular complexity index is 1250. The lowest BCUT2D eigenvalue weighted by Crippen LogP contribution is -2.25. The number of aromatic amines is 1. The summed E-state index contributed by atoms with van der Waals surface area (Å²) in [4.78, 5) is 30.9. The van der Waals surface area contributed by atoms with E-state index in [2.05, 4.69) is 20.6 Å². The summed E-state index contributed by atoms with van der Waals surface area (Å²) >= 11 is 0. The van der Waals surface area contributed by atoms with Gasteiger partial charge >= 0.3 is 0 Å². The van der Waals surface area contributed by atoms with Gasteiger partial charge in [-0.1, -0.05) is 0 Å². The second-order valence-corrected chi connectivity index (χ2v) is 7.14. The molecule has 5 rings (SSSR count). The lowest BCUT2D eigenvalue weighted by molar-refractivity contribution is 0.0951. The normalized spacial score (nSPS) is 13.4. The van der Waals surface area contributed by atoms with E-state index in [4.69, 9.17) is 0 Å². The number of pyridine rings is 2. The molecule has 0 radical (unpaired) electrons. The van der Waals surface area contributed by atoms with Crippen LogP contribution in [0.4, 0.5) is 11.4 Å². The van der Waals surface area contributed by atoms with E-state index in [0.29, 0.717) is 11.6 Å². The van der Waals surface area contributed by atoms with Crippen molar-refractivity contribution in [3.63, 3.8) is 0 Å². The molecule has 3 heterocycles. The summed E-state index contributed by atoms with van der Waals surface area (Å²) in [6.07, 6.45) is 7.36. The van der Waals surface area contributed by atoms with Crippen molar-refractivity contribution in [1.82, 2.24) is 19.7 Å². The van der Waals surface area contributed by atoms with Gasteiger partial charge in [0, 0.05) is 47.5 Å². The minimum atomic E-state index is -0.149. The Balaban J connectivity index is 1.42. The Morgan fingerprint density at radius 1 is 1.10 bits per heavy atom. The van der Waals surface area contributed by atoms with Gasteiger partial charge in [0.1, 0.15) is 0 Å². The molecule has 3 aromatic heterocycles. The molecule has 7 heteroatoms. The van der Waals surface area contributed by atoms with Gasteiger partial charge in [0.15, 0.2) is 5.65 Å². The molecule has 0 spiro atoms. The number of aromatic nitrogens is 3. The summed E-state index contributed by atoms with van der Waals surface area (Å²) in [6.45, 7) is 0. The van der Waals surface area contributed by atoms with Crippen LogP contribution in [0.1, 0.15) is 23.2 Å². The number of benzene rings is 1. The van der Waals surface area contributed by atoms with Gasteiger partial charge in [0.05, 0.1) is 11.4 Å². The summed E-state index contributed by atoms with van der Waals surface area (Å²) in [5.41, 5.74) is 4.64. The van der Waals surface area contributed by atoms with Crippen LogP contribution in [0.3, 0.4) is 0 Å². The van der Waals surface area contributed by atoms with Crippen LogP contribution >= 0.6 is 0 Å². The molecular formula is C22H19N5O2. The average molecular weight is 385 g/mol. The first kappa shape index (κ1) is 17.2. The summed E-state index contributed by atoms with van der Waals surface area (Å²) in [5.74, 6) is -0.0306. The zero-order chi connectivity index (χ0) is 19.8. The van der Waals surface area contributed by atoms with Gasteiger partial charge in [-0.25, -0.2) is 4.98 Å². The van der Waals surface area contributed by atoms with Crippen LogP contribution in [0.15, 0.2) is 71.9 Å². The number of H-pyrrole nitrogens is 1. The first-order chi connectivity index (χ1) is 14.2. The zero-order valence-electron chi connectivity index (χ0n) is 15.6. The molecule has 0 bridgehead atoms. The van der Waals surface area contributed by atoms with Crippen molar-refractivity contribution in [2.75, 3.05) is 5.32 Å². The fourth-order valence-electron chi connectivity index (χ4n) is 3.31. The second kappa shape index (κ2) is 6.94. The van der Waals surface area contributed by atoms with Gasteiger partial charge in [-0.2, -0.15) is 0 Å². The molecule has 144 valence electrons. The molecule has 0 atom stereocenters. The molecule has 3 N–H and O–H groups in total. The third-order valence-corrected chi connectivity index (χ3v) is 4.96. The van der Waals surface area contributed by atoms with Crippen molar-refractivity contribution in [3.05, 3.63) is 83.0 Å². The summed E-state index contributed by atoms with van der Waals surface area (Å²) < 4.78 is 1.94. The van der Waals surface area contributed by atoms with Gasteiger partial charge in [0.25, 0.3) is 5.91 Å². The Morgan fingerprint density at radius 3 is 2.69 bits per heavy atom. The lowest BCUT2D eigenvalue weighted by atomic mass is 10.1. The van der Waals surface area contributed by atoms with Crippen LogP contribution in [-0.2, 0) is 0 Å². The van der Waals surface area contributed by atoms with Crippen molar-refractivity contribution in [1.29, 1.82) is 0 Å². The van der Waals surface area contributed by atoms with Crippen LogP contribution in [0.5, 0.6) is 0 Å². The van der Waals surface area contributed by atoms with E-state index in [1.165, 1.54) is 0 Å². The van der Waals surface area contributed by atoms with E-state index in [-0.39, 0.29) is 11.5 Å². The third-order valence-electron chi connectivity index (χ3n) is 4.96. The smallest absolute Gasteiger partial charge is 0.251 e. The second-order valence-electron chi connectivity index (χ2n) is 7.14. The van der Waals surface area contributed by atoms with E-state index in [1.807, 2.05) is 53.1 Å². The highest BCUT2D eigenvalue weighted by atomic mass is 16.1. The number of hydrogen-bond donors (Lipinski definition) is 3. The highest BCUT2D eigenvalue weighted by Gasteiger charge is 2.23. The van der Waals surface area contributed by atoms with E-state index >= 15 is 0 Å². The van der Waals surface area contributed by atoms with Crippen LogP contribution in [-0.4, -0.2) is 26.3 Å². The lowest BCUT2D eigenvalue weighted by Gasteiger charge is -2.12. The first-order valence-corrected chi connectivity index (χ1v) is 9.50. The van der Waals surface area contributed by atoms with Crippen molar-refractivity contribution in [2.24, 2.45) is 0 Å². The maximum absolute atomic E-state index is 12.1. The highest BCUT2D eigenvalue weighted by Crippen LogP contribution is 2.27. The number of carbonyl (C=O) groups is 1. The van der Waals surface area contributed by atoms with Gasteiger partial charge in [-0.05, 0) is 55.3 Å². The van der Waals surface area contributed by atoms with Crippen LogP contribution in [0.25, 0.3) is 16.9 Å². The molecule has 0 unspecified atom stereocenters. The number of hydrogen-bond acceptors (Lipinski definition) is 4. The molecular weight excluding hydrogens is 366 g/mol. The molecule has 0 aliphatic heterocycles. The predicted octanol–water partition coefficient (Wildman–Crippen LogP) is 3.33. The van der Waals surface area contributed by atoms with Crippen molar-refractivity contribution in [3.8, 4) is 11.3 Å².